The zero-order valence-electron chi connectivity index (χ0n) is 17.9. The molecule has 2 atom stereocenters. The van der Waals surface area contributed by atoms with E-state index in [2.05, 4.69) is 20.4 Å². The van der Waals surface area contributed by atoms with Gasteiger partial charge in [0, 0.05) is 52.3 Å². The van der Waals surface area contributed by atoms with Gasteiger partial charge in [-0.15, -0.1) is 0 Å². The van der Waals surface area contributed by atoms with Crippen LogP contribution in [0.4, 0.5) is 0 Å². The van der Waals surface area contributed by atoms with Gasteiger partial charge in [-0.25, -0.2) is 9.97 Å². The van der Waals surface area contributed by atoms with Gasteiger partial charge in [-0.3, -0.25) is 9.48 Å². The number of carbonyl (C=O) groups is 1. The number of ether oxygens (including phenoxy) is 2. The lowest BCUT2D eigenvalue weighted by molar-refractivity contribution is -0.164. The van der Waals surface area contributed by atoms with E-state index < -0.39 is 12.2 Å². The molecule has 3 aliphatic carbocycles. The maximum Gasteiger partial charge on any atom is 0.316 e. The Morgan fingerprint density at radius 3 is 2.73 bits per heavy atom. The summed E-state index contributed by atoms with van der Waals surface area (Å²) >= 11 is 6.01. The normalized spacial score (nSPS) is 29.2. The van der Waals surface area contributed by atoms with Crippen molar-refractivity contribution in [2.45, 2.75) is 49.0 Å². The van der Waals surface area contributed by atoms with Crippen molar-refractivity contribution in [2.24, 2.45) is 0 Å². The molecule has 3 aromatic rings. The Bertz CT molecular complexity index is 1220. The number of methoxy groups -OCH3 is 1. The largest absolute Gasteiger partial charge is 0.480 e. The average Bonchev–Trinajstić information content (AvgIpc) is 3.25. The standard InChI is InChI=1S/C23H22ClN5O4/c1-32-21-25-6-13(7-26-21)14-8-27-29(9-14)23-10-22(11-23,12-23)28-20(31)19-5-17(30)16-4-15(24)2-3-18(16)33-19/h2-4,6-9,17,19,30H,5,10-12H2,1H3,(H,28,31)/t17-,19-,22?,23?/m0/s1. The molecule has 3 fully saturated rings. The Morgan fingerprint density at radius 2 is 2.00 bits per heavy atom. The average molecular weight is 468 g/mol. The number of amides is 1. The van der Waals surface area contributed by atoms with Crippen molar-refractivity contribution >= 4 is 17.5 Å². The summed E-state index contributed by atoms with van der Waals surface area (Å²) in [6.45, 7) is 0. The Morgan fingerprint density at radius 1 is 1.24 bits per heavy atom. The molecule has 170 valence electrons. The molecule has 7 rings (SSSR count). The number of aromatic nitrogens is 4. The Labute approximate surface area is 194 Å². The highest BCUT2D eigenvalue weighted by atomic mass is 35.5. The number of nitrogens with one attached hydrogen (secondary N) is 1. The maximum atomic E-state index is 12.9. The number of aliphatic hydroxyl groups is 1. The summed E-state index contributed by atoms with van der Waals surface area (Å²) in [4.78, 5) is 21.2. The molecule has 0 spiro atoms. The Kier molecular flexibility index (Phi) is 4.44. The van der Waals surface area contributed by atoms with Gasteiger partial charge in [0.15, 0.2) is 6.10 Å². The highest BCUT2D eigenvalue weighted by Crippen LogP contribution is 2.65. The van der Waals surface area contributed by atoms with Crippen LogP contribution in [0.5, 0.6) is 11.8 Å². The SMILES string of the molecule is COc1ncc(-c2cnn(C34CC(NC(=O)[C@@H]5C[C@H](O)c6cc(Cl)ccc6O5)(C3)C4)c2)cn1. The molecular formula is C23H22ClN5O4. The van der Waals surface area contributed by atoms with E-state index in [0.29, 0.717) is 22.3 Å². The summed E-state index contributed by atoms with van der Waals surface area (Å²) in [6, 6.07) is 5.38. The highest BCUT2D eigenvalue weighted by Gasteiger charge is 2.70. The topological polar surface area (TPSA) is 111 Å². The fourth-order valence-electron chi connectivity index (χ4n) is 5.33. The molecule has 2 bridgehead atoms. The second-order valence-electron chi connectivity index (χ2n) is 9.20. The van der Waals surface area contributed by atoms with Crippen LogP contribution in [0.3, 0.4) is 0 Å². The van der Waals surface area contributed by atoms with Crippen molar-refractivity contribution in [3.05, 3.63) is 53.6 Å². The number of carbonyl (C=O) groups excluding carboxylic acids is 1. The van der Waals surface area contributed by atoms with E-state index in [1.165, 1.54) is 7.11 Å². The zero-order chi connectivity index (χ0) is 22.8. The zero-order valence-corrected chi connectivity index (χ0v) is 18.6. The number of fused-ring (bicyclic) bond motifs is 1. The van der Waals surface area contributed by atoms with E-state index in [1.54, 1.807) is 36.8 Å². The predicted molar refractivity (Wildman–Crippen MR) is 118 cm³/mol. The molecular weight excluding hydrogens is 446 g/mol. The van der Waals surface area contributed by atoms with Crippen LogP contribution in [0.2, 0.25) is 5.02 Å². The fourth-order valence-corrected chi connectivity index (χ4v) is 5.51. The minimum Gasteiger partial charge on any atom is -0.480 e. The van der Waals surface area contributed by atoms with Gasteiger partial charge in [0.05, 0.1) is 24.9 Å². The third-order valence-corrected chi connectivity index (χ3v) is 7.17. The van der Waals surface area contributed by atoms with Crippen LogP contribution in [0.15, 0.2) is 43.0 Å². The summed E-state index contributed by atoms with van der Waals surface area (Å²) in [6.07, 6.45) is 8.35. The Hall–Kier alpha value is -3.17. The van der Waals surface area contributed by atoms with Crippen molar-refractivity contribution in [3.63, 3.8) is 0 Å². The van der Waals surface area contributed by atoms with E-state index in [4.69, 9.17) is 21.1 Å². The first-order chi connectivity index (χ1) is 15.9. The lowest BCUT2D eigenvalue weighted by atomic mass is 9.44. The van der Waals surface area contributed by atoms with Crippen molar-refractivity contribution < 1.29 is 19.4 Å². The van der Waals surface area contributed by atoms with Gasteiger partial charge >= 0.3 is 6.01 Å². The van der Waals surface area contributed by atoms with E-state index in [1.807, 2.05) is 10.9 Å². The van der Waals surface area contributed by atoms with E-state index in [9.17, 15) is 9.90 Å². The highest BCUT2D eigenvalue weighted by molar-refractivity contribution is 6.30. The van der Waals surface area contributed by atoms with E-state index >= 15 is 0 Å². The van der Waals surface area contributed by atoms with Gasteiger partial charge in [-0.05, 0) is 37.5 Å². The van der Waals surface area contributed by atoms with Crippen LogP contribution in [-0.4, -0.2) is 49.5 Å². The van der Waals surface area contributed by atoms with Gasteiger partial charge in [0.2, 0.25) is 0 Å². The molecule has 2 aromatic heterocycles. The summed E-state index contributed by atoms with van der Waals surface area (Å²) in [7, 11) is 1.53. The minimum atomic E-state index is -0.785. The molecule has 0 unspecified atom stereocenters. The lowest BCUT2D eigenvalue weighted by Crippen LogP contribution is -2.79. The van der Waals surface area contributed by atoms with Crippen LogP contribution in [-0.2, 0) is 10.3 Å². The Balaban J connectivity index is 1.09. The molecule has 3 saturated carbocycles. The van der Waals surface area contributed by atoms with Crippen LogP contribution < -0.4 is 14.8 Å². The van der Waals surface area contributed by atoms with Gasteiger partial charge in [-0.2, -0.15) is 5.10 Å². The second kappa shape index (κ2) is 7.16. The molecule has 3 heterocycles. The molecule has 1 amide bonds. The quantitative estimate of drug-likeness (QED) is 0.593. The molecule has 10 heteroatoms. The summed E-state index contributed by atoms with van der Waals surface area (Å²) < 4.78 is 12.9. The van der Waals surface area contributed by atoms with Crippen LogP contribution in [0.25, 0.3) is 11.1 Å². The van der Waals surface area contributed by atoms with Crippen LogP contribution >= 0.6 is 11.6 Å². The lowest BCUT2D eigenvalue weighted by Gasteiger charge is -2.70. The van der Waals surface area contributed by atoms with E-state index in [-0.39, 0.29) is 23.4 Å². The first-order valence-corrected chi connectivity index (χ1v) is 11.1. The molecule has 0 radical (unpaired) electrons. The minimum absolute atomic E-state index is 0.0743. The van der Waals surface area contributed by atoms with E-state index in [0.717, 1.165) is 30.4 Å². The molecule has 1 aromatic carbocycles. The van der Waals surface area contributed by atoms with Gasteiger partial charge in [0.1, 0.15) is 5.75 Å². The second-order valence-corrected chi connectivity index (χ2v) is 9.63. The molecule has 2 N–H and O–H groups in total. The number of halogens is 1. The van der Waals surface area contributed by atoms with Gasteiger partial charge < -0.3 is 19.9 Å². The predicted octanol–water partition coefficient (Wildman–Crippen LogP) is 2.63. The van der Waals surface area contributed by atoms with Crippen LogP contribution in [0, 0.1) is 0 Å². The van der Waals surface area contributed by atoms with Crippen LogP contribution in [0.1, 0.15) is 37.4 Å². The number of aliphatic hydroxyl groups excluding tert-OH is 1. The molecule has 0 saturated heterocycles. The van der Waals surface area contributed by atoms with Gasteiger partial charge in [0.25, 0.3) is 5.91 Å². The third-order valence-electron chi connectivity index (χ3n) is 6.93. The fraction of sp³-hybridized carbons (Fsp3) is 0.391. The smallest absolute Gasteiger partial charge is 0.316 e. The number of benzene rings is 1. The molecule has 4 aliphatic rings. The number of hydrogen-bond donors (Lipinski definition) is 2. The van der Waals surface area contributed by atoms with Crippen molar-refractivity contribution in [1.29, 1.82) is 0 Å². The monoisotopic (exact) mass is 467 g/mol. The molecule has 1 aliphatic heterocycles. The molecule has 33 heavy (non-hydrogen) atoms. The first-order valence-electron chi connectivity index (χ1n) is 10.8. The summed E-state index contributed by atoms with van der Waals surface area (Å²) in [5.41, 5.74) is 2.11. The molecule has 9 nitrogen and oxygen atoms in total. The number of rotatable bonds is 5. The first kappa shape index (κ1) is 20.4. The van der Waals surface area contributed by atoms with Crippen molar-refractivity contribution in [3.8, 4) is 22.9 Å². The third kappa shape index (κ3) is 3.26. The van der Waals surface area contributed by atoms with Crippen molar-refractivity contribution in [1.82, 2.24) is 25.1 Å². The summed E-state index contributed by atoms with van der Waals surface area (Å²) in [5.74, 6) is 0.304. The van der Waals surface area contributed by atoms with Gasteiger partial charge in [-0.1, -0.05) is 11.6 Å². The number of nitrogens with zero attached hydrogens (tertiary/aromatic N) is 4. The summed E-state index contributed by atoms with van der Waals surface area (Å²) in [5, 5.41) is 18.7. The number of hydrogen-bond acceptors (Lipinski definition) is 7. The van der Waals surface area contributed by atoms with Crippen molar-refractivity contribution in [2.75, 3.05) is 7.11 Å². The maximum absolute atomic E-state index is 12.9.